The molecule has 0 spiro atoms. The zero-order valence-electron chi connectivity index (χ0n) is 11.0. The van der Waals surface area contributed by atoms with E-state index in [2.05, 4.69) is 15.6 Å². The summed E-state index contributed by atoms with van der Waals surface area (Å²) in [6.45, 7) is 2.22. The molecule has 104 valence electrons. The molecule has 0 saturated carbocycles. The number of nitrogens with zero attached hydrogens (tertiary/aromatic N) is 1. The van der Waals surface area contributed by atoms with Crippen LogP contribution in [0, 0.1) is 6.92 Å². The highest BCUT2D eigenvalue weighted by atomic mass is 16.5. The molecule has 7 heteroatoms. The SMILES string of the molecule is CNc1cc(C)ncc1C(=O)NCCOCC(N)=O. The number of nitrogens with one attached hydrogen (secondary N) is 2. The van der Waals surface area contributed by atoms with Gasteiger partial charge in [-0.25, -0.2) is 0 Å². The number of aryl methyl sites for hydroxylation is 1. The minimum Gasteiger partial charge on any atom is -0.387 e. The second-order valence-electron chi connectivity index (χ2n) is 3.90. The molecular weight excluding hydrogens is 248 g/mol. The topological polar surface area (TPSA) is 106 Å². The Labute approximate surface area is 111 Å². The molecule has 0 atom stereocenters. The lowest BCUT2D eigenvalue weighted by molar-refractivity contribution is -0.122. The Hall–Kier alpha value is -2.15. The van der Waals surface area contributed by atoms with Crippen molar-refractivity contribution in [2.75, 3.05) is 32.1 Å². The van der Waals surface area contributed by atoms with Gasteiger partial charge < -0.3 is 21.1 Å². The Bertz CT molecular complexity index is 462. The number of amides is 2. The van der Waals surface area contributed by atoms with Crippen LogP contribution in [0.15, 0.2) is 12.3 Å². The molecule has 1 aromatic heterocycles. The smallest absolute Gasteiger partial charge is 0.255 e. The van der Waals surface area contributed by atoms with Crippen LogP contribution in [0.5, 0.6) is 0 Å². The molecule has 0 saturated heterocycles. The lowest BCUT2D eigenvalue weighted by Gasteiger charge is -2.10. The second kappa shape index (κ2) is 7.32. The van der Waals surface area contributed by atoms with Gasteiger partial charge in [0.25, 0.3) is 5.91 Å². The van der Waals surface area contributed by atoms with E-state index in [4.69, 9.17) is 10.5 Å². The number of anilines is 1. The Morgan fingerprint density at radius 2 is 2.21 bits per heavy atom. The maximum Gasteiger partial charge on any atom is 0.255 e. The van der Waals surface area contributed by atoms with E-state index >= 15 is 0 Å². The van der Waals surface area contributed by atoms with Crippen molar-refractivity contribution in [2.45, 2.75) is 6.92 Å². The summed E-state index contributed by atoms with van der Waals surface area (Å²) in [6.07, 6.45) is 1.51. The molecule has 0 aliphatic carbocycles. The van der Waals surface area contributed by atoms with Crippen LogP contribution in [0.25, 0.3) is 0 Å². The normalized spacial score (nSPS) is 10.0. The molecule has 0 aliphatic heterocycles. The standard InChI is InChI=1S/C12H18N4O3/c1-8-5-10(14-2)9(6-16-8)12(18)15-3-4-19-7-11(13)17/h5-6H,3-4,7H2,1-2H3,(H2,13,17)(H,14,16)(H,15,18). The number of carbonyl (C=O) groups excluding carboxylic acids is 2. The highest BCUT2D eigenvalue weighted by Crippen LogP contribution is 2.14. The fourth-order valence-corrected chi connectivity index (χ4v) is 1.45. The molecule has 4 N–H and O–H groups in total. The minimum atomic E-state index is -0.536. The molecule has 0 fully saturated rings. The summed E-state index contributed by atoms with van der Waals surface area (Å²) < 4.78 is 4.94. The van der Waals surface area contributed by atoms with Crippen LogP contribution in [-0.4, -0.2) is 43.6 Å². The average molecular weight is 266 g/mol. The Morgan fingerprint density at radius 1 is 1.47 bits per heavy atom. The molecule has 0 unspecified atom stereocenters. The van der Waals surface area contributed by atoms with Gasteiger partial charge in [0.2, 0.25) is 5.91 Å². The van der Waals surface area contributed by atoms with Crippen molar-refractivity contribution in [3.05, 3.63) is 23.5 Å². The molecule has 2 amide bonds. The van der Waals surface area contributed by atoms with Crippen molar-refractivity contribution in [3.63, 3.8) is 0 Å². The summed E-state index contributed by atoms with van der Waals surface area (Å²) in [5.41, 5.74) is 6.91. The number of hydrogen-bond acceptors (Lipinski definition) is 5. The van der Waals surface area contributed by atoms with E-state index < -0.39 is 5.91 Å². The van der Waals surface area contributed by atoms with E-state index in [1.165, 1.54) is 6.20 Å². The number of rotatable bonds is 7. The van der Waals surface area contributed by atoms with Crippen LogP contribution in [0.1, 0.15) is 16.1 Å². The van der Waals surface area contributed by atoms with Gasteiger partial charge in [0.05, 0.1) is 17.9 Å². The number of primary amides is 1. The third-order valence-electron chi connectivity index (χ3n) is 2.33. The monoisotopic (exact) mass is 266 g/mol. The summed E-state index contributed by atoms with van der Waals surface area (Å²) >= 11 is 0. The number of pyridine rings is 1. The largest absolute Gasteiger partial charge is 0.387 e. The molecule has 7 nitrogen and oxygen atoms in total. The van der Waals surface area contributed by atoms with Crippen molar-refractivity contribution in [3.8, 4) is 0 Å². The van der Waals surface area contributed by atoms with Crippen LogP contribution < -0.4 is 16.4 Å². The molecule has 0 radical (unpaired) electrons. The summed E-state index contributed by atoms with van der Waals surface area (Å²) in [4.78, 5) is 26.4. The predicted molar refractivity (Wildman–Crippen MR) is 70.9 cm³/mol. The lowest BCUT2D eigenvalue weighted by Crippen LogP contribution is -2.29. The van der Waals surface area contributed by atoms with Crippen molar-refractivity contribution in [1.82, 2.24) is 10.3 Å². The number of carbonyl (C=O) groups is 2. The van der Waals surface area contributed by atoms with Gasteiger partial charge >= 0.3 is 0 Å². The lowest BCUT2D eigenvalue weighted by atomic mass is 10.2. The molecule has 1 aromatic rings. The second-order valence-corrected chi connectivity index (χ2v) is 3.90. The van der Waals surface area contributed by atoms with Gasteiger partial charge in [-0.15, -0.1) is 0 Å². The van der Waals surface area contributed by atoms with Gasteiger partial charge in [-0.1, -0.05) is 0 Å². The number of hydrogen-bond donors (Lipinski definition) is 3. The molecular formula is C12H18N4O3. The molecule has 0 bridgehead atoms. The fraction of sp³-hybridized carbons (Fsp3) is 0.417. The summed E-state index contributed by atoms with van der Waals surface area (Å²) in [5.74, 6) is -0.786. The Kier molecular flexibility index (Phi) is 5.74. The first kappa shape index (κ1) is 14.9. The molecule has 1 heterocycles. The van der Waals surface area contributed by atoms with Crippen molar-refractivity contribution >= 4 is 17.5 Å². The van der Waals surface area contributed by atoms with E-state index in [1.807, 2.05) is 6.92 Å². The third-order valence-corrected chi connectivity index (χ3v) is 2.33. The van der Waals surface area contributed by atoms with Gasteiger partial charge in [-0.2, -0.15) is 0 Å². The first-order valence-corrected chi connectivity index (χ1v) is 5.83. The van der Waals surface area contributed by atoms with Gasteiger partial charge in [-0.05, 0) is 13.0 Å². The summed E-state index contributed by atoms with van der Waals surface area (Å²) in [6, 6.07) is 1.79. The maximum atomic E-state index is 11.9. The van der Waals surface area contributed by atoms with E-state index in [0.717, 1.165) is 5.69 Å². The van der Waals surface area contributed by atoms with Gasteiger partial charge in [0.1, 0.15) is 6.61 Å². The highest BCUT2D eigenvalue weighted by molar-refractivity contribution is 5.99. The van der Waals surface area contributed by atoms with E-state index in [1.54, 1.807) is 13.1 Å². The Balaban J connectivity index is 2.47. The van der Waals surface area contributed by atoms with Gasteiger partial charge in [-0.3, -0.25) is 14.6 Å². The summed E-state index contributed by atoms with van der Waals surface area (Å²) in [7, 11) is 1.74. The molecule has 0 aromatic carbocycles. The molecule has 19 heavy (non-hydrogen) atoms. The predicted octanol–water partition coefficient (Wildman–Crippen LogP) is -0.337. The third kappa shape index (κ3) is 4.92. The van der Waals surface area contributed by atoms with Crippen LogP contribution in [0.2, 0.25) is 0 Å². The van der Waals surface area contributed by atoms with Crippen LogP contribution in [0.3, 0.4) is 0 Å². The molecule has 0 aliphatic rings. The maximum absolute atomic E-state index is 11.9. The Morgan fingerprint density at radius 3 is 2.84 bits per heavy atom. The van der Waals surface area contributed by atoms with Crippen LogP contribution >= 0.6 is 0 Å². The molecule has 1 rings (SSSR count). The van der Waals surface area contributed by atoms with Crippen LogP contribution in [-0.2, 0) is 9.53 Å². The number of nitrogens with two attached hydrogens (primary N) is 1. The highest BCUT2D eigenvalue weighted by Gasteiger charge is 2.10. The fourth-order valence-electron chi connectivity index (χ4n) is 1.45. The zero-order valence-corrected chi connectivity index (χ0v) is 11.0. The number of aromatic nitrogens is 1. The zero-order chi connectivity index (χ0) is 14.3. The average Bonchev–Trinajstić information content (AvgIpc) is 2.37. The van der Waals surface area contributed by atoms with Gasteiger partial charge in [0, 0.05) is 25.5 Å². The van der Waals surface area contributed by atoms with Crippen molar-refractivity contribution < 1.29 is 14.3 Å². The van der Waals surface area contributed by atoms with Gasteiger partial charge in [0.15, 0.2) is 0 Å². The number of ether oxygens (including phenoxy) is 1. The van der Waals surface area contributed by atoms with E-state index in [0.29, 0.717) is 17.8 Å². The van der Waals surface area contributed by atoms with Crippen molar-refractivity contribution in [2.24, 2.45) is 5.73 Å². The van der Waals surface area contributed by atoms with E-state index in [-0.39, 0.29) is 19.1 Å². The minimum absolute atomic E-state index is 0.149. The first-order valence-electron chi connectivity index (χ1n) is 5.83. The van der Waals surface area contributed by atoms with Crippen LogP contribution in [0.4, 0.5) is 5.69 Å². The quantitative estimate of drug-likeness (QED) is 0.586. The first-order chi connectivity index (χ1) is 9.04. The van der Waals surface area contributed by atoms with E-state index in [9.17, 15) is 9.59 Å². The summed E-state index contributed by atoms with van der Waals surface area (Å²) in [5, 5.41) is 5.61. The van der Waals surface area contributed by atoms with Crippen molar-refractivity contribution in [1.29, 1.82) is 0 Å².